The number of nitrogens with one attached hydrogen (secondary N) is 1. The molecule has 0 aliphatic heterocycles. The molecule has 0 aliphatic rings. The predicted octanol–water partition coefficient (Wildman–Crippen LogP) is 2.41. The van der Waals surface area contributed by atoms with E-state index in [0.29, 0.717) is 11.7 Å². The topological polar surface area (TPSA) is 75.1 Å². The van der Waals surface area contributed by atoms with Crippen molar-refractivity contribution in [2.24, 2.45) is 5.92 Å². The number of carboxylic acids is 1. The molecule has 94 valence electrons. The minimum absolute atomic E-state index is 0.0245. The smallest absolute Gasteiger partial charge is 0.358 e. The third-order valence-corrected chi connectivity index (χ3v) is 2.74. The molecule has 5 heteroatoms. The molecular weight excluding hydrogens is 218 g/mol. The van der Waals surface area contributed by atoms with Gasteiger partial charge in [-0.1, -0.05) is 20.3 Å². The summed E-state index contributed by atoms with van der Waals surface area (Å²) in [6, 6.07) is 0.180. The van der Waals surface area contributed by atoms with Crippen molar-refractivity contribution in [2.45, 2.75) is 39.7 Å². The van der Waals surface area contributed by atoms with E-state index in [0.717, 1.165) is 12.8 Å². The van der Waals surface area contributed by atoms with Crippen molar-refractivity contribution in [3.05, 3.63) is 18.1 Å². The number of rotatable bonds is 6. The van der Waals surface area contributed by atoms with Gasteiger partial charge in [-0.3, -0.25) is 0 Å². The average Bonchev–Trinajstić information content (AvgIpc) is 2.29. The van der Waals surface area contributed by atoms with Crippen molar-refractivity contribution in [3.8, 4) is 0 Å². The normalized spacial score (nSPS) is 14.1. The van der Waals surface area contributed by atoms with Gasteiger partial charge in [0.05, 0.1) is 0 Å². The number of hydrogen-bond donors (Lipinski definition) is 2. The molecule has 1 aromatic heterocycles. The first-order valence-corrected chi connectivity index (χ1v) is 5.85. The lowest BCUT2D eigenvalue weighted by atomic mass is 10.0. The van der Waals surface area contributed by atoms with Gasteiger partial charge < -0.3 is 10.4 Å². The van der Waals surface area contributed by atoms with E-state index in [-0.39, 0.29) is 11.7 Å². The van der Waals surface area contributed by atoms with Gasteiger partial charge in [0.15, 0.2) is 11.5 Å². The number of aromatic nitrogens is 2. The van der Waals surface area contributed by atoms with Crippen LogP contribution in [0.4, 0.5) is 5.82 Å². The second kappa shape index (κ2) is 6.18. The SMILES string of the molecule is CCC(C)CC(C)Nc1nccnc1C(=O)O. The zero-order chi connectivity index (χ0) is 12.8. The zero-order valence-electron chi connectivity index (χ0n) is 10.5. The lowest BCUT2D eigenvalue weighted by Gasteiger charge is -2.18. The summed E-state index contributed by atoms with van der Waals surface area (Å²) in [4.78, 5) is 18.8. The minimum Gasteiger partial charge on any atom is -0.476 e. The van der Waals surface area contributed by atoms with Crippen LogP contribution in [0.5, 0.6) is 0 Å². The Hall–Kier alpha value is -1.65. The number of aromatic carboxylic acids is 1. The number of carbonyl (C=O) groups is 1. The molecule has 0 fully saturated rings. The molecule has 0 saturated heterocycles. The first kappa shape index (κ1) is 13.4. The molecule has 1 heterocycles. The average molecular weight is 237 g/mol. The second-order valence-corrected chi connectivity index (χ2v) is 4.35. The van der Waals surface area contributed by atoms with Gasteiger partial charge >= 0.3 is 5.97 Å². The van der Waals surface area contributed by atoms with E-state index in [1.54, 1.807) is 0 Å². The monoisotopic (exact) mass is 237 g/mol. The van der Waals surface area contributed by atoms with Crippen LogP contribution in [-0.4, -0.2) is 27.1 Å². The van der Waals surface area contributed by atoms with Gasteiger partial charge in [0.1, 0.15) is 0 Å². The molecule has 0 aromatic carbocycles. The lowest BCUT2D eigenvalue weighted by Crippen LogP contribution is -2.21. The highest BCUT2D eigenvalue weighted by Gasteiger charge is 2.15. The van der Waals surface area contributed by atoms with Gasteiger partial charge in [0, 0.05) is 18.4 Å². The maximum atomic E-state index is 10.9. The molecule has 0 saturated carbocycles. The Kier molecular flexibility index (Phi) is 4.87. The Morgan fingerprint density at radius 3 is 2.65 bits per heavy atom. The quantitative estimate of drug-likeness (QED) is 0.794. The van der Waals surface area contributed by atoms with Crippen LogP contribution in [0.3, 0.4) is 0 Å². The molecule has 0 bridgehead atoms. The van der Waals surface area contributed by atoms with E-state index in [2.05, 4.69) is 29.1 Å². The number of carboxylic acid groups (broad SMARTS) is 1. The highest BCUT2D eigenvalue weighted by Crippen LogP contribution is 2.15. The standard InChI is InChI=1S/C12H19N3O2/c1-4-8(2)7-9(3)15-11-10(12(16)17)13-5-6-14-11/h5-6,8-9H,4,7H2,1-3H3,(H,14,15)(H,16,17). The van der Waals surface area contributed by atoms with Crippen molar-refractivity contribution in [3.63, 3.8) is 0 Å². The van der Waals surface area contributed by atoms with E-state index in [1.807, 2.05) is 6.92 Å². The number of anilines is 1. The van der Waals surface area contributed by atoms with Crippen molar-refractivity contribution >= 4 is 11.8 Å². The molecule has 0 spiro atoms. The second-order valence-electron chi connectivity index (χ2n) is 4.35. The van der Waals surface area contributed by atoms with Crippen molar-refractivity contribution in [2.75, 3.05) is 5.32 Å². The summed E-state index contributed by atoms with van der Waals surface area (Å²) in [5, 5.41) is 12.1. The first-order valence-electron chi connectivity index (χ1n) is 5.85. The Morgan fingerprint density at radius 1 is 1.41 bits per heavy atom. The van der Waals surface area contributed by atoms with Crippen LogP contribution >= 0.6 is 0 Å². The minimum atomic E-state index is -1.06. The molecule has 2 atom stereocenters. The Labute approximate surface area is 101 Å². The molecule has 0 amide bonds. The highest BCUT2D eigenvalue weighted by molar-refractivity contribution is 5.90. The molecule has 2 N–H and O–H groups in total. The summed E-state index contributed by atoms with van der Waals surface area (Å²) in [5.41, 5.74) is -0.0245. The lowest BCUT2D eigenvalue weighted by molar-refractivity contribution is 0.0691. The summed E-state index contributed by atoms with van der Waals surface area (Å²) in [6.07, 6.45) is 4.96. The van der Waals surface area contributed by atoms with Crippen molar-refractivity contribution in [1.82, 2.24) is 9.97 Å². The predicted molar refractivity (Wildman–Crippen MR) is 66.1 cm³/mol. The van der Waals surface area contributed by atoms with E-state index >= 15 is 0 Å². The van der Waals surface area contributed by atoms with Gasteiger partial charge in [-0.05, 0) is 19.3 Å². The summed E-state index contributed by atoms with van der Waals surface area (Å²) >= 11 is 0. The maximum absolute atomic E-state index is 10.9. The third-order valence-electron chi connectivity index (χ3n) is 2.74. The molecule has 1 aromatic rings. The van der Waals surface area contributed by atoms with Gasteiger partial charge in [-0.25, -0.2) is 14.8 Å². The van der Waals surface area contributed by atoms with Gasteiger partial charge in [0.25, 0.3) is 0 Å². The third kappa shape index (κ3) is 4.01. The fourth-order valence-electron chi connectivity index (χ4n) is 1.66. The fraction of sp³-hybridized carbons (Fsp3) is 0.583. The van der Waals surface area contributed by atoms with Gasteiger partial charge in [0.2, 0.25) is 0 Å². The zero-order valence-corrected chi connectivity index (χ0v) is 10.5. The van der Waals surface area contributed by atoms with Gasteiger partial charge in [-0.2, -0.15) is 0 Å². The van der Waals surface area contributed by atoms with E-state index in [9.17, 15) is 4.79 Å². The van der Waals surface area contributed by atoms with Crippen molar-refractivity contribution in [1.29, 1.82) is 0 Å². The van der Waals surface area contributed by atoms with Crippen LogP contribution in [0.15, 0.2) is 12.4 Å². The van der Waals surface area contributed by atoms with Crippen LogP contribution in [0.25, 0.3) is 0 Å². The van der Waals surface area contributed by atoms with Crippen LogP contribution in [0.2, 0.25) is 0 Å². The van der Waals surface area contributed by atoms with Crippen molar-refractivity contribution < 1.29 is 9.90 Å². The summed E-state index contributed by atoms with van der Waals surface area (Å²) < 4.78 is 0. The van der Waals surface area contributed by atoms with Crippen LogP contribution in [0.1, 0.15) is 44.1 Å². The molecule has 0 aliphatic carbocycles. The molecule has 1 rings (SSSR count). The Bertz CT molecular complexity index is 382. The largest absolute Gasteiger partial charge is 0.476 e. The number of hydrogen-bond acceptors (Lipinski definition) is 4. The van der Waals surface area contributed by atoms with Crippen LogP contribution < -0.4 is 5.32 Å². The molecule has 17 heavy (non-hydrogen) atoms. The Morgan fingerprint density at radius 2 is 2.06 bits per heavy atom. The van der Waals surface area contributed by atoms with E-state index in [1.165, 1.54) is 12.4 Å². The van der Waals surface area contributed by atoms with Crippen LogP contribution in [-0.2, 0) is 0 Å². The first-order chi connectivity index (χ1) is 8.04. The number of nitrogens with zero attached hydrogens (tertiary/aromatic N) is 2. The Balaban J connectivity index is 2.71. The van der Waals surface area contributed by atoms with Gasteiger partial charge in [-0.15, -0.1) is 0 Å². The fourth-order valence-corrected chi connectivity index (χ4v) is 1.66. The maximum Gasteiger partial charge on any atom is 0.358 e. The molecule has 2 unspecified atom stereocenters. The molecular formula is C12H19N3O2. The highest BCUT2D eigenvalue weighted by atomic mass is 16.4. The summed E-state index contributed by atoms with van der Waals surface area (Å²) in [5.74, 6) is -0.116. The van der Waals surface area contributed by atoms with E-state index in [4.69, 9.17) is 5.11 Å². The van der Waals surface area contributed by atoms with E-state index < -0.39 is 5.97 Å². The molecule has 5 nitrogen and oxygen atoms in total. The summed E-state index contributed by atoms with van der Waals surface area (Å²) in [7, 11) is 0. The van der Waals surface area contributed by atoms with Crippen LogP contribution in [0, 0.1) is 5.92 Å². The molecule has 0 radical (unpaired) electrons. The summed E-state index contributed by atoms with van der Waals surface area (Å²) in [6.45, 7) is 6.34.